The number of amides is 2. The molecule has 3 rings (SSSR count). The Kier molecular flexibility index (Phi) is 5.41. The number of hydrogen-bond acceptors (Lipinski definition) is 6. The average molecular weight is 412 g/mol. The van der Waals surface area contributed by atoms with Crippen molar-refractivity contribution < 1.29 is 23.5 Å². The smallest absolute Gasteiger partial charge is 0.373 e. The van der Waals surface area contributed by atoms with E-state index in [0.29, 0.717) is 21.4 Å². The maximum atomic E-state index is 12.5. The van der Waals surface area contributed by atoms with Crippen LogP contribution in [0.25, 0.3) is 6.08 Å². The molecular weight excluding hydrogens is 401 g/mol. The van der Waals surface area contributed by atoms with E-state index in [1.165, 1.54) is 25.3 Å². The van der Waals surface area contributed by atoms with E-state index < -0.39 is 17.1 Å². The third-order valence-corrected chi connectivity index (χ3v) is 4.95. The quantitative estimate of drug-likeness (QED) is 0.539. The fraction of sp³-hybridized carbons (Fsp3) is 0.118. The van der Waals surface area contributed by atoms with Gasteiger partial charge in [-0.05, 0) is 47.7 Å². The number of esters is 1. The Hall–Kier alpha value is -2.22. The number of halogens is 2. The number of nitrogens with zero attached hydrogens (tertiary/aromatic N) is 1. The van der Waals surface area contributed by atoms with Crippen LogP contribution in [0.2, 0.25) is 10.0 Å². The maximum absolute atomic E-state index is 12.5. The molecule has 1 aromatic heterocycles. The number of ether oxygens (including phenoxy) is 1. The van der Waals surface area contributed by atoms with Crippen LogP contribution in [0.5, 0.6) is 0 Å². The molecule has 2 amide bonds. The first-order valence-corrected chi connectivity index (χ1v) is 8.83. The molecule has 1 aliphatic rings. The summed E-state index contributed by atoms with van der Waals surface area (Å²) in [5.74, 6) is -0.818. The Morgan fingerprint density at radius 3 is 2.73 bits per heavy atom. The summed E-state index contributed by atoms with van der Waals surface area (Å²) in [6.45, 7) is -0.0899. The van der Waals surface area contributed by atoms with Gasteiger partial charge in [-0.2, -0.15) is 0 Å². The second-order valence-corrected chi connectivity index (χ2v) is 7.03. The van der Waals surface area contributed by atoms with E-state index in [1.807, 2.05) is 0 Å². The summed E-state index contributed by atoms with van der Waals surface area (Å²) in [6, 6.07) is 7.78. The first-order chi connectivity index (χ1) is 12.4. The second-order valence-electron chi connectivity index (χ2n) is 5.19. The largest absolute Gasteiger partial charge is 0.463 e. The number of carbonyl (C=O) groups excluding carboxylic acids is 3. The van der Waals surface area contributed by atoms with Gasteiger partial charge in [0.15, 0.2) is 0 Å². The Balaban J connectivity index is 1.79. The van der Waals surface area contributed by atoms with Gasteiger partial charge in [-0.25, -0.2) is 4.79 Å². The van der Waals surface area contributed by atoms with Crippen LogP contribution in [0.15, 0.2) is 39.7 Å². The topological polar surface area (TPSA) is 76.8 Å². The van der Waals surface area contributed by atoms with Crippen molar-refractivity contribution >= 4 is 58.2 Å². The molecule has 0 radical (unpaired) electrons. The van der Waals surface area contributed by atoms with E-state index in [4.69, 9.17) is 27.6 Å². The average Bonchev–Trinajstić information content (AvgIpc) is 3.17. The highest BCUT2D eigenvalue weighted by Gasteiger charge is 2.35. The lowest BCUT2D eigenvalue weighted by Gasteiger charge is -2.10. The standard InChI is InChI=1S/C17H11Cl2NO5S/c1-24-16(22)13-5-4-11(25-13)8-20-15(21)14(26-17(20)23)6-9-2-3-10(18)7-12(9)19/h2-7H,8H2,1H3. The lowest BCUT2D eigenvalue weighted by atomic mass is 10.2. The van der Waals surface area contributed by atoms with E-state index in [0.717, 1.165) is 16.7 Å². The number of hydrogen-bond donors (Lipinski definition) is 0. The van der Waals surface area contributed by atoms with Crippen molar-refractivity contribution in [3.63, 3.8) is 0 Å². The molecule has 0 unspecified atom stereocenters. The normalized spacial score (nSPS) is 15.8. The van der Waals surface area contributed by atoms with Crippen LogP contribution in [0.1, 0.15) is 21.9 Å². The highest BCUT2D eigenvalue weighted by atomic mass is 35.5. The van der Waals surface area contributed by atoms with E-state index in [-0.39, 0.29) is 17.2 Å². The van der Waals surface area contributed by atoms with Crippen molar-refractivity contribution in [2.45, 2.75) is 6.54 Å². The summed E-state index contributed by atoms with van der Waals surface area (Å²) in [5, 5.41) is 0.403. The maximum Gasteiger partial charge on any atom is 0.373 e. The van der Waals surface area contributed by atoms with Gasteiger partial charge in [-0.1, -0.05) is 29.3 Å². The molecule has 2 aromatic rings. The third-order valence-electron chi connectivity index (χ3n) is 3.48. The first kappa shape index (κ1) is 18.6. The monoisotopic (exact) mass is 411 g/mol. The minimum atomic E-state index is -0.636. The molecule has 134 valence electrons. The summed E-state index contributed by atoms with van der Waals surface area (Å²) < 4.78 is 9.85. The number of rotatable bonds is 4. The summed E-state index contributed by atoms with van der Waals surface area (Å²) in [6.07, 6.45) is 1.53. The first-order valence-electron chi connectivity index (χ1n) is 7.26. The Labute approximate surface area is 162 Å². The zero-order valence-corrected chi connectivity index (χ0v) is 15.7. The predicted molar refractivity (Wildman–Crippen MR) is 98.0 cm³/mol. The van der Waals surface area contributed by atoms with Crippen LogP contribution >= 0.6 is 35.0 Å². The van der Waals surface area contributed by atoms with Crippen LogP contribution in [0, 0.1) is 0 Å². The number of thioether (sulfide) groups is 1. The molecular formula is C17H11Cl2NO5S. The fourth-order valence-electron chi connectivity index (χ4n) is 2.23. The number of benzene rings is 1. The van der Waals surface area contributed by atoms with Crippen molar-refractivity contribution in [2.75, 3.05) is 7.11 Å². The summed E-state index contributed by atoms with van der Waals surface area (Å²) in [7, 11) is 1.23. The lowest BCUT2D eigenvalue weighted by Crippen LogP contribution is -2.27. The molecule has 1 saturated heterocycles. The van der Waals surface area contributed by atoms with Crippen molar-refractivity contribution in [1.29, 1.82) is 0 Å². The van der Waals surface area contributed by atoms with Crippen LogP contribution in [0.3, 0.4) is 0 Å². The molecule has 0 spiro atoms. The van der Waals surface area contributed by atoms with E-state index >= 15 is 0 Å². The molecule has 0 atom stereocenters. The molecule has 0 aliphatic carbocycles. The molecule has 1 aromatic carbocycles. The number of carbonyl (C=O) groups is 3. The predicted octanol–water partition coefficient (Wildman–Crippen LogP) is 4.61. The minimum absolute atomic E-state index is 0.00189. The zero-order chi connectivity index (χ0) is 18.8. The van der Waals surface area contributed by atoms with Crippen molar-refractivity contribution in [2.24, 2.45) is 0 Å². The number of imide groups is 1. The molecule has 0 saturated carbocycles. The Bertz CT molecular complexity index is 937. The van der Waals surface area contributed by atoms with Gasteiger partial charge in [0.2, 0.25) is 5.76 Å². The van der Waals surface area contributed by atoms with Gasteiger partial charge in [0.05, 0.1) is 18.6 Å². The van der Waals surface area contributed by atoms with E-state index in [1.54, 1.807) is 18.2 Å². The van der Waals surface area contributed by atoms with Crippen LogP contribution in [0.4, 0.5) is 4.79 Å². The van der Waals surface area contributed by atoms with E-state index in [2.05, 4.69) is 4.74 Å². The number of furan rings is 1. The molecule has 0 N–H and O–H groups in total. The molecule has 2 heterocycles. The Morgan fingerprint density at radius 1 is 1.27 bits per heavy atom. The van der Waals surface area contributed by atoms with Gasteiger partial charge in [0.25, 0.3) is 11.1 Å². The van der Waals surface area contributed by atoms with E-state index in [9.17, 15) is 14.4 Å². The SMILES string of the molecule is COC(=O)c1ccc(CN2C(=O)SC(=Cc3ccc(Cl)cc3Cl)C2=O)o1. The highest BCUT2D eigenvalue weighted by molar-refractivity contribution is 8.18. The van der Waals surface area contributed by atoms with Gasteiger partial charge < -0.3 is 9.15 Å². The summed E-state index contributed by atoms with van der Waals surface area (Å²) >= 11 is 12.7. The van der Waals surface area contributed by atoms with Crippen LogP contribution in [-0.4, -0.2) is 29.1 Å². The molecule has 1 aliphatic heterocycles. The second kappa shape index (κ2) is 7.57. The summed E-state index contributed by atoms with van der Waals surface area (Å²) in [4.78, 5) is 37.3. The van der Waals surface area contributed by atoms with Crippen molar-refractivity contribution in [3.8, 4) is 0 Å². The molecule has 9 heteroatoms. The van der Waals surface area contributed by atoms with Crippen LogP contribution in [-0.2, 0) is 16.1 Å². The van der Waals surface area contributed by atoms with Crippen LogP contribution < -0.4 is 0 Å². The minimum Gasteiger partial charge on any atom is -0.463 e. The van der Waals surface area contributed by atoms with Gasteiger partial charge in [0.1, 0.15) is 5.76 Å². The molecule has 0 bridgehead atoms. The lowest BCUT2D eigenvalue weighted by molar-refractivity contribution is -0.123. The van der Waals surface area contributed by atoms with Gasteiger partial charge >= 0.3 is 5.97 Å². The Morgan fingerprint density at radius 2 is 2.04 bits per heavy atom. The zero-order valence-electron chi connectivity index (χ0n) is 13.3. The molecule has 26 heavy (non-hydrogen) atoms. The fourth-order valence-corrected chi connectivity index (χ4v) is 3.52. The van der Waals surface area contributed by atoms with Gasteiger partial charge in [-0.3, -0.25) is 14.5 Å². The highest BCUT2D eigenvalue weighted by Crippen LogP contribution is 2.35. The molecule has 1 fully saturated rings. The third kappa shape index (κ3) is 3.80. The van der Waals surface area contributed by atoms with Crippen molar-refractivity contribution in [1.82, 2.24) is 4.90 Å². The van der Waals surface area contributed by atoms with Gasteiger partial charge in [-0.15, -0.1) is 0 Å². The summed E-state index contributed by atoms with van der Waals surface area (Å²) in [5.41, 5.74) is 0.576. The van der Waals surface area contributed by atoms with Crippen molar-refractivity contribution in [3.05, 3.63) is 62.4 Å². The number of methoxy groups -OCH3 is 1. The van der Waals surface area contributed by atoms with Gasteiger partial charge in [0, 0.05) is 10.0 Å². The molecule has 6 nitrogen and oxygen atoms in total.